The van der Waals surface area contributed by atoms with Crippen LogP contribution in [-0.2, 0) is 14.8 Å². The molecule has 1 atom stereocenters. The lowest BCUT2D eigenvalue weighted by molar-refractivity contribution is 0.0858. The highest BCUT2D eigenvalue weighted by Crippen LogP contribution is 2.32. The maximum absolute atomic E-state index is 13.2. The number of hydrogen-bond acceptors (Lipinski definition) is 5. The van der Waals surface area contributed by atoms with Gasteiger partial charge >= 0.3 is 0 Å². The molecule has 1 saturated heterocycles. The van der Waals surface area contributed by atoms with Crippen LogP contribution in [0.2, 0.25) is 0 Å². The summed E-state index contributed by atoms with van der Waals surface area (Å²) in [5.74, 6) is 0.392. The third-order valence-corrected chi connectivity index (χ3v) is 6.88. The van der Waals surface area contributed by atoms with Gasteiger partial charge in [0.05, 0.1) is 29.4 Å². The molecule has 2 N–H and O–H groups in total. The van der Waals surface area contributed by atoms with E-state index in [0.717, 1.165) is 18.4 Å². The third-order valence-electron chi connectivity index (χ3n) is 5.37. The minimum absolute atomic E-state index is 0.00390. The predicted octanol–water partition coefficient (Wildman–Crippen LogP) is 3.84. The van der Waals surface area contributed by atoms with Crippen LogP contribution in [0.1, 0.15) is 54.1 Å². The fraction of sp³-hybridized carbons (Fsp3) is 0.435. The lowest BCUT2D eigenvalue weighted by atomic mass is 10.0. The highest BCUT2D eigenvalue weighted by molar-refractivity contribution is 7.92. The molecule has 168 valence electrons. The average Bonchev–Trinajstić information content (AvgIpc) is 3.25. The number of hydrogen-bond donors (Lipinski definition) is 2. The Hall–Kier alpha value is -2.58. The first-order valence-corrected chi connectivity index (χ1v) is 11.9. The van der Waals surface area contributed by atoms with Gasteiger partial charge in [-0.15, -0.1) is 0 Å². The van der Waals surface area contributed by atoms with Gasteiger partial charge in [-0.1, -0.05) is 26.0 Å². The summed E-state index contributed by atoms with van der Waals surface area (Å²) in [4.78, 5) is 12.9. The zero-order valence-corrected chi connectivity index (χ0v) is 19.2. The molecule has 1 aliphatic heterocycles. The standard InChI is InChI=1S/C23H30N2O5S/c1-15(2)19-13-22(16(3)12-21(19)29-4)31(27,28)25-20-10-6-5-9-18(20)23(26)24-14-17-8-7-11-30-17/h5-6,9-10,12-13,15,17,25H,7-8,11,14H2,1-4H3,(H,24,26). The number of benzene rings is 2. The Morgan fingerprint density at radius 2 is 2.00 bits per heavy atom. The van der Waals surface area contributed by atoms with Gasteiger partial charge in [-0.05, 0) is 61.1 Å². The number of carbonyl (C=O) groups excluding carboxylic acids is 1. The summed E-state index contributed by atoms with van der Waals surface area (Å²) in [6, 6.07) is 9.94. The van der Waals surface area contributed by atoms with E-state index in [1.54, 1.807) is 50.4 Å². The summed E-state index contributed by atoms with van der Waals surface area (Å²) in [6.45, 7) is 6.78. The van der Waals surface area contributed by atoms with E-state index in [-0.39, 0.29) is 34.1 Å². The van der Waals surface area contributed by atoms with E-state index in [1.807, 2.05) is 13.8 Å². The maximum atomic E-state index is 13.2. The molecular formula is C23H30N2O5S. The summed E-state index contributed by atoms with van der Waals surface area (Å²) in [7, 11) is -2.35. The zero-order valence-electron chi connectivity index (χ0n) is 18.4. The van der Waals surface area contributed by atoms with E-state index in [2.05, 4.69) is 10.0 Å². The quantitative estimate of drug-likeness (QED) is 0.643. The molecule has 0 radical (unpaired) electrons. The zero-order chi connectivity index (χ0) is 22.6. The largest absolute Gasteiger partial charge is 0.496 e. The highest BCUT2D eigenvalue weighted by atomic mass is 32.2. The van der Waals surface area contributed by atoms with Gasteiger partial charge < -0.3 is 14.8 Å². The number of carbonyl (C=O) groups is 1. The molecule has 0 bridgehead atoms. The Morgan fingerprint density at radius 1 is 1.26 bits per heavy atom. The lowest BCUT2D eigenvalue weighted by Gasteiger charge is -2.18. The van der Waals surface area contributed by atoms with Crippen molar-refractivity contribution >= 4 is 21.6 Å². The van der Waals surface area contributed by atoms with Crippen molar-refractivity contribution in [3.05, 3.63) is 53.1 Å². The van der Waals surface area contributed by atoms with Crippen LogP contribution in [0.4, 0.5) is 5.69 Å². The van der Waals surface area contributed by atoms with Crippen molar-refractivity contribution < 1.29 is 22.7 Å². The molecule has 7 nitrogen and oxygen atoms in total. The summed E-state index contributed by atoms with van der Waals surface area (Å²) < 4.78 is 40.0. The number of methoxy groups -OCH3 is 1. The first-order valence-electron chi connectivity index (χ1n) is 10.4. The monoisotopic (exact) mass is 446 g/mol. The Kier molecular flexibility index (Phi) is 7.23. The Balaban J connectivity index is 1.87. The van der Waals surface area contributed by atoms with Crippen LogP contribution in [0.25, 0.3) is 0 Å². The Bertz CT molecular complexity index is 1040. The molecule has 3 rings (SSSR count). The van der Waals surface area contributed by atoms with E-state index < -0.39 is 10.0 Å². The molecule has 31 heavy (non-hydrogen) atoms. The molecule has 1 heterocycles. The van der Waals surface area contributed by atoms with Crippen LogP contribution < -0.4 is 14.8 Å². The van der Waals surface area contributed by atoms with Crippen molar-refractivity contribution in [3.63, 3.8) is 0 Å². The summed E-state index contributed by atoms with van der Waals surface area (Å²) in [5, 5.41) is 2.84. The maximum Gasteiger partial charge on any atom is 0.262 e. The highest BCUT2D eigenvalue weighted by Gasteiger charge is 2.24. The van der Waals surface area contributed by atoms with E-state index in [9.17, 15) is 13.2 Å². The minimum Gasteiger partial charge on any atom is -0.496 e. The molecule has 1 fully saturated rings. The number of rotatable bonds is 8. The van der Waals surface area contributed by atoms with E-state index in [1.165, 1.54) is 0 Å². The van der Waals surface area contributed by atoms with Crippen molar-refractivity contribution in [1.29, 1.82) is 0 Å². The Morgan fingerprint density at radius 3 is 2.65 bits per heavy atom. The number of aryl methyl sites for hydroxylation is 1. The fourth-order valence-corrected chi connectivity index (χ4v) is 5.01. The van der Waals surface area contributed by atoms with Crippen molar-refractivity contribution in [2.24, 2.45) is 0 Å². The third kappa shape index (κ3) is 5.37. The predicted molar refractivity (Wildman–Crippen MR) is 120 cm³/mol. The molecular weight excluding hydrogens is 416 g/mol. The van der Waals surface area contributed by atoms with Crippen molar-refractivity contribution in [2.45, 2.75) is 50.5 Å². The van der Waals surface area contributed by atoms with Crippen LogP contribution in [0.5, 0.6) is 5.75 Å². The Labute approximate surface area is 184 Å². The average molecular weight is 447 g/mol. The van der Waals surface area contributed by atoms with Crippen molar-refractivity contribution in [2.75, 3.05) is 25.0 Å². The number of para-hydroxylation sites is 1. The summed E-state index contributed by atoms with van der Waals surface area (Å²) in [5.41, 5.74) is 1.86. The van der Waals surface area contributed by atoms with Gasteiger partial charge in [-0.2, -0.15) is 0 Å². The minimum atomic E-state index is -3.92. The molecule has 1 aliphatic rings. The van der Waals surface area contributed by atoms with Gasteiger partial charge in [0, 0.05) is 13.2 Å². The van der Waals surface area contributed by atoms with Crippen molar-refractivity contribution in [1.82, 2.24) is 5.32 Å². The van der Waals surface area contributed by atoms with E-state index >= 15 is 0 Å². The number of amides is 1. The van der Waals surface area contributed by atoms with Gasteiger partial charge in [0.25, 0.3) is 15.9 Å². The topological polar surface area (TPSA) is 93.7 Å². The summed E-state index contributed by atoms with van der Waals surface area (Å²) in [6.07, 6.45) is 1.89. The van der Waals surface area contributed by atoms with Crippen LogP contribution in [0.15, 0.2) is 41.3 Å². The van der Waals surface area contributed by atoms with Crippen LogP contribution >= 0.6 is 0 Å². The number of sulfonamides is 1. The van der Waals surface area contributed by atoms with Gasteiger partial charge in [0.2, 0.25) is 0 Å². The van der Waals surface area contributed by atoms with Crippen LogP contribution in [-0.4, -0.2) is 40.7 Å². The first kappa shape index (κ1) is 23.1. The number of nitrogens with one attached hydrogen (secondary N) is 2. The molecule has 0 aliphatic carbocycles. The fourth-order valence-electron chi connectivity index (χ4n) is 3.67. The van der Waals surface area contributed by atoms with Crippen molar-refractivity contribution in [3.8, 4) is 5.75 Å². The SMILES string of the molecule is COc1cc(C)c(S(=O)(=O)Nc2ccccc2C(=O)NCC2CCCO2)cc1C(C)C. The van der Waals surface area contributed by atoms with E-state index in [4.69, 9.17) is 9.47 Å². The summed E-state index contributed by atoms with van der Waals surface area (Å²) >= 11 is 0. The normalized spacial score (nSPS) is 16.4. The molecule has 0 spiro atoms. The van der Waals surface area contributed by atoms with Gasteiger partial charge in [0.1, 0.15) is 5.75 Å². The second kappa shape index (κ2) is 9.70. The van der Waals surface area contributed by atoms with E-state index in [0.29, 0.717) is 24.5 Å². The first-order chi connectivity index (χ1) is 14.7. The molecule has 0 aromatic heterocycles. The molecule has 2 aromatic carbocycles. The second-order valence-electron chi connectivity index (χ2n) is 8.01. The van der Waals surface area contributed by atoms with Crippen LogP contribution in [0, 0.1) is 6.92 Å². The molecule has 2 aromatic rings. The van der Waals surface area contributed by atoms with Gasteiger partial charge in [-0.3, -0.25) is 9.52 Å². The van der Waals surface area contributed by atoms with Crippen LogP contribution in [0.3, 0.4) is 0 Å². The molecule has 8 heteroatoms. The van der Waals surface area contributed by atoms with Gasteiger partial charge in [-0.25, -0.2) is 8.42 Å². The molecule has 1 unspecified atom stereocenters. The van der Waals surface area contributed by atoms with Gasteiger partial charge in [0.15, 0.2) is 0 Å². The number of anilines is 1. The smallest absolute Gasteiger partial charge is 0.262 e. The molecule has 1 amide bonds. The number of ether oxygens (including phenoxy) is 2. The lowest BCUT2D eigenvalue weighted by Crippen LogP contribution is -2.32. The molecule has 0 saturated carbocycles. The second-order valence-corrected chi connectivity index (χ2v) is 9.66.